The van der Waals surface area contributed by atoms with Crippen molar-refractivity contribution in [2.45, 2.75) is 12.8 Å². The van der Waals surface area contributed by atoms with E-state index in [0.29, 0.717) is 21.9 Å². The van der Waals surface area contributed by atoms with E-state index >= 15 is 0 Å². The van der Waals surface area contributed by atoms with Gasteiger partial charge in [0.25, 0.3) is 6.43 Å². The molecule has 0 aliphatic heterocycles. The Morgan fingerprint density at radius 3 is 2.79 bits per heavy atom. The summed E-state index contributed by atoms with van der Waals surface area (Å²) < 4.78 is 25.9. The zero-order valence-corrected chi connectivity index (χ0v) is 15.3. The van der Waals surface area contributed by atoms with Crippen molar-refractivity contribution in [3.05, 3.63) is 71.5 Å². The molecule has 5 nitrogen and oxygen atoms in total. The predicted molar refractivity (Wildman–Crippen MR) is 104 cm³/mol. The van der Waals surface area contributed by atoms with Gasteiger partial charge in [-0.25, -0.2) is 18.7 Å². The Hall–Kier alpha value is -3.26. The van der Waals surface area contributed by atoms with Gasteiger partial charge < -0.3 is 5.32 Å². The molecule has 4 aromatic rings. The predicted octanol–water partition coefficient (Wildman–Crippen LogP) is 4.87. The van der Waals surface area contributed by atoms with Gasteiger partial charge in [0.05, 0.1) is 17.6 Å². The maximum atomic E-state index is 12.9. The average Bonchev–Trinajstić information content (AvgIpc) is 3.21. The molecule has 0 unspecified atom stereocenters. The van der Waals surface area contributed by atoms with Crippen molar-refractivity contribution in [1.29, 1.82) is 0 Å². The molecule has 140 valence electrons. The van der Waals surface area contributed by atoms with E-state index in [2.05, 4.69) is 20.3 Å². The number of benzene rings is 1. The standard InChI is InChI=1S/C20H14F2N4OS/c21-19(22)16-10-13(6-7-23-16)15-5-4-12-2-1-3-14(18(12)25-15)11-17(27)26-20-24-8-9-28-20/h1-10,19H,11H2,(H,24,26,27). The molecule has 1 amide bonds. The van der Waals surface area contributed by atoms with Crippen LogP contribution in [0.1, 0.15) is 17.7 Å². The minimum absolute atomic E-state index is 0.131. The highest BCUT2D eigenvalue weighted by atomic mass is 32.1. The lowest BCUT2D eigenvalue weighted by Gasteiger charge is -2.09. The molecule has 1 aromatic carbocycles. The molecule has 4 rings (SSSR count). The third kappa shape index (κ3) is 3.86. The largest absolute Gasteiger partial charge is 0.302 e. The first kappa shape index (κ1) is 18.1. The molecule has 0 fully saturated rings. The second kappa shape index (κ2) is 7.77. The van der Waals surface area contributed by atoms with Crippen LogP contribution in [0.25, 0.3) is 22.2 Å². The van der Waals surface area contributed by atoms with Crippen LogP contribution < -0.4 is 5.32 Å². The lowest BCUT2D eigenvalue weighted by Crippen LogP contribution is -2.14. The van der Waals surface area contributed by atoms with Crippen LogP contribution in [0.2, 0.25) is 0 Å². The van der Waals surface area contributed by atoms with E-state index in [0.717, 1.165) is 10.9 Å². The SMILES string of the molecule is O=C(Cc1cccc2ccc(-c3ccnc(C(F)F)c3)nc12)Nc1nccs1. The number of hydrogen-bond acceptors (Lipinski definition) is 5. The van der Waals surface area contributed by atoms with Gasteiger partial charge in [0, 0.05) is 28.7 Å². The summed E-state index contributed by atoms with van der Waals surface area (Å²) in [7, 11) is 0. The molecule has 0 saturated heterocycles. The van der Waals surface area contributed by atoms with Gasteiger partial charge >= 0.3 is 0 Å². The molecule has 28 heavy (non-hydrogen) atoms. The quantitative estimate of drug-likeness (QED) is 0.522. The van der Waals surface area contributed by atoms with Gasteiger partial charge in [-0.05, 0) is 23.8 Å². The number of rotatable bonds is 5. The summed E-state index contributed by atoms with van der Waals surface area (Å²) in [5, 5.41) is 5.94. The fraction of sp³-hybridized carbons (Fsp3) is 0.100. The normalized spacial score (nSPS) is 11.1. The van der Waals surface area contributed by atoms with Crippen LogP contribution in [0.4, 0.5) is 13.9 Å². The number of para-hydroxylation sites is 1. The minimum atomic E-state index is -2.65. The van der Waals surface area contributed by atoms with E-state index in [1.165, 1.54) is 23.6 Å². The molecule has 3 heterocycles. The van der Waals surface area contributed by atoms with E-state index in [9.17, 15) is 13.6 Å². The Labute approximate surface area is 163 Å². The van der Waals surface area contributed by atoms with Crippen molar-refractivity contribution in [3.8, 4) is 11.3 Å². The number of carbonyl (C=O) groups excluding carboxylic acids is 1. The molecule has 0 saturated carbocycles. The molecule has 0 aliphatic rings. The number of nitrogens with one attached hydrogen (secondary N) is 1. The third-order valence-electron chi connectivity index (χ3n) is 4.13. The lowest BCUT2D eigenvalue weighted by atomic mass is 10.0. The molecule has 0 atom stereocenters. The average molecular weight is 396 g/mol. The molecule has 0 aliphatic carbocycles. The minimum Gasteiger partial charge on any atom is -0.302 e. The fourth-order valence-corrected chi connectivity index (χ4v) is 3.41. The number of nitrogens with zero attached hydrogens (tertiary/aromatic N) is 3. The first-order chi connectivity index (χ1) is 13.6. The zero-order valence-electron chi connectivity index (χ0n) is 14.5. The highest BCUT2D eigenvalue weighted by molar-refractivity contribution is 7.13. The topological polar surface area (TPSA) is 67.8 Å². The van der Waals surface area contributed by atoms with Crippen molar-refractivity contribution < 1.29 is 13.6 Å². The number of anilines is 1. The van der Waals surface area contributed by atoms with Gasteiger partial charge in [-0.15, -0.1) is 11.3 Å². The highest BCUT2D eigenvalue weighted by Crippen LogP contribution is 2.26. The second-order valence-electron chi connectivity index (χ2n) is 6.02. The maximum absolute atomic E-state index is 12.9. The number of amides is 1. The first-order valence-corrected chi connectivity index (χ1v) is 9.30. The number of hydrogen-bond donors (Lipinski definition) is 1. The first-order valence-electron chi connectivity index (χ1n) is 8.42. The monoisotopic (exact) mass is 396 g/mol. The van der Waals surface area contributed by atoms with Crippen molar-refractivity contribution in [3.63, 3.8) is 0 Å². The molecule has 3 aromatic heterocycles. The molecule has 0 spiro atoms. The smallest absolute Gasteiger partial charge is 0.280 e. The van der Waals surface area contributed by atoms with Crippen LogP contribution in [0.5, 0.6) is 0 Å². The van der Waals surface area contributed by atoms with Gasteiger partial charge in [-0.2, -0.15) is 0 Å². The molecular formula is C20H14F2N4OS. The lowest BCUT2D eigenvalue weighted by molar-refractivity contribution is -0.115. The Kier molecular flexibility index (Phi) is 5.03. The molecule has 1 N–H and O–H groups in total. The van der Waals surface area contributed by atoms with Crippen LogP contribution in [0.3, 0.4) is 0 Å². The second-order valence-corrected chi connectivity index (χ2v) is 6.91. The van der Waals surface area contributed by atoms with Crippen molar-refractivity contribution >= 4 is 33.3 Å². The van der Waals surface area contributed by atoms with E-state index in [-0.39, 0.29) is 18.0 Å². The Morgan fingerprint density at radius 2 is 2.00 bits per heavy atom. The number of aromatic nitrogens is 3. The zero-order chi connectivity index (χ0) is 19.5. The van der Waals surface area contributed by atoms with Gasteiger partial charge in [0.15, 0.2) is 5.13 Å². The summed E-state index contributed by atoms with van der Waals surface area (Å²) in [5.41, 5.74) is 2.20. The summed E-state index contributed by atoms with van der Waals surface area (Å²) in [6, 6.07) is 12.2. The number of pyridine rings is 2. The molecule has 0 radical (unpaired) electrons. The van der Waals surface area contributed by atoms with E-state index in [4.69, 9.17) is 0 Å². The van der Waals surface area contributed by atoms with E-state index in [1.54, 1.807) is 23.7 Å². The number of alkyl halides is 2. The summed E-state index contributed by atoms with van der Waals surface area (Å²) in [4.78, 5) is 24.7. The number of thiazole rings is 1. The van der Waals surface area contributed by atoms with E-state index < -0.39 is 6.43 Å². The number of halogens is 2. The van der Waals surface area contributed by atoms with Gasteiger partial charge in [-0.1, -0.05) is 24.3 Å². The van der Waals surface area contributed by atoms with Crippen LogP contribution in [0.15, 0.2) is 60.2 Å². The summed E-state index contributed by atoms with van der Waals surface area (Å²) in [5.74, 6) is -0.196. The van der Waals surface area contributed by atoms with Crippen LogP contribution >= 0.6 is 11.3 Å². The van der Waals surface area contributed by atoms with Crippen LogP contribution in [-0.4, -0.2) is 20.9 Å². The molecular weight excluding hydrogens is 382 g/mol. The Morgan fingerprint density at radius 1 is 1.11 bits per heavy atom. The molecule has 8 heteroatoms. The summed E-state index contributed by atoms with van der Waals surface area (Å²) in [6.07, 6.45) is 0.446. The van der Waals surface area contributed by atoms with Crippen LogP contribution in [-0.2, 0) is 11.2 Å². The highest BCUT2D eigenvalue weighted by Gasteiger charge is 2.13. The van der Waals surface area contributed by atoms with Crippen molar-refractivity contribution in [2.75, 3.05) is 5.32 Å². The molecule has 0 bridgehead atoms. The third-order valence-corrected chi connectivity index (χ3v) is 4.82. The fourth-order valence-electron chi connectivity index (χ4n) is 2.86. The Bertz CT molecular complexity index is 1130. The number of fused-ring (bicyclic) bond motifs is 1. The van der Waals surface area contributed by atoms with Gasteiger partial charge in [0.2, 0.25) is 5.91 Å². The number of carbonyl (C=O) groups is 1. The summed E-state index contributed by atoms with van der Waals surface area (Å²) in [6.45, 7) is 0. The van der Waals surface area contributed by atoms with E-state index in [1.807, 2.05) is 24.3 Å². The Balaban J connectivity index is 1.67. The van der Waals surface area contributed by atoms with Crippen molar-refractivity contribution in [2.24, 2.45) is 0 Å². The summed E-state index contributed by atoms with van der Waals surface area (Å²) >= 11 is 1.34. The van der Waals surface area contributed by atoms with Gasteiger partial charge in [-0.3, -0.25) is 9.78 Å². The van der Waals surface area contributed by atoms with Crippen LogP contribution in [0, 0.1) is 0 Å². The maximum Gasteiger partial charge on any atom is 0.280 e. The van der Waals surface area contributed by atoms with Gasteiger partial charge in [0.1, 0.15) is 5.69 Å². The van der Waals surface area contributed by atoms with Crippen molar-refractivity contribution in [1.82, 2.24) is 15.0 Å².